The highest BCUT2D eigenvalue weighted by atomic mass is 79.9. The van der Waals surface area contributed by atoms with Gasteiger partial charge in [-0.2, -0.15) is 5.10 Å². The minimum absolute atomic E-state index is 0.553. The molecule has 3 nitrogen and oxygen atoms in total. The number of nitrogens with one attached hydrogen (secondary N) is 1. The maximum Gasteiger partial charge on any atom is 0.181 e. The van der Waals surface area contributed by atoms with Crippen molar-refractivity contribution >= 4 is 27.5 Å². The molecule has 0 spiro atoms. The van der Waals surface area contributed by atoms with Crippen molar-refractivity contribution in [2.24, 2.45) is 0 Å². The van der Waals surface area contributed by atoms with E-state index in [4.69, 9.17) is 11.6 Å². The van der Waals surface area contributed by atoms with E-state index in [9.17, 15) is 0 Å². The second-order valence-corrected chi connectivity index (χ2v) is 5.92. The molecule has 1 heterocycles. The summed E-state index contributed by atoms with van der Waals surface area (Å²) in [5, 5.41) is 8.04. The molecule has 1 aromatic heterocycles. The van der Waals surface area contributed by atoms with Gasteiger partial charge >= 0.3 is 0 Å². The third kappa shape index (κ3) is 2.31. The fourth-order valence-electron chi connectivity index (χ4n) is 2.42. The van der Waals surface area contributed by atoms with Crippen LogP contribution in [0.5, 0.6) is 0 Å². The van der Waals surface area contributed by atoms with Gasteiger partial charge in [0.2, 0.25) is 0 Å². The lowest BCUT2D eigenvalue weighted by atomic mass is 10.1. The van der Waals surface area contributed by atoms with Crippen LogP contribution < -0.4 is 0 Å². The van der Waals surface area contributed by atoms with Gasteiger partial charge in [-0.25, -0.2) is 4.98 Å². The van der Waals surface area contributed by atoms with Crippen LogP contribution >= 0.6 is 27.5 Å². The number of H-pyrrole nitrogens is 1. The molecule has 94 valence electrons. The van der Waals surface area contributed by atoms with Gasteiger partial charge < -0.3 is 0 Å². The van der Waals surface area contributed by atoms with E-state index >= 15 is 0 Å². The van der Waals surface area contributed by atoms with Crippen LogP contribution in [0.4, 0.5) is 0 Å². The largest absolute Gasteiger partial charge is 0.262 e. The monoisotopic (exact) mass is 325 g/mol. The molecule has 2 aromatic rings. The van der Waals surface area contributed by atoms with Crippen molar-refractivity contribution in [1.29, 1.82) is 0 Å². The Hall–Kier alpha value is -0.870. The van der Waals surface area contributed by atoms with Gasteiger partial charge in [0.25, 0.3) is 0 Å². The molecule has 0 amide bonds. The van der Waals surface area contributed by atoms with Crippen LogP contribution in [0.15, 0.2) is 22.7 Å². The number of hydrogen-bond acceptors (Lipinski definition) is 2. The van der Waals surface area contributed by atoms with Gasteiger partial charge in [-0.15, -0.1) is 0 Å². The lowest BCUT2D eigenvalue weighted by Crippen LogP contribution is -1.94. The number of aromatic amines is 1. The summed E-state index contributed by atoms with van der Waals surface area (Å²) in [5.74, 6) is 2.30. The van der Waals surface area contributed by atoms with Gasteiger partial charge in [0.1, 0.15) is 5.82 Å². The SMILES string of the molecule is Clc1cc(-c2n[nH]c(C3CCCC3)n2)ccc1Br. The number of nitrogens with zero attached hydrogens (tertiary/aromatic N) is 2. The molecular formula is C13H13BrClN3. The van der Waals surface area contributed by atoms with Crippen molar-refractivity contribution in [3.05, 3.63) is 33.5 Å². The molecule has 1 aliphatic rings. The van der Waals surface area contributed by atoms with Gasteiger partial charge in [0.15, 0.2) is 5.82 Å². The summed E-state index contributed by atoms with van der Waals surface area (Å²) in [7, 11) is 0. The molecular weight excluding hydrogens is 314 g/mol. The standard InChI is InChI=1S/C13H13BrClN3/c14-10-6-5-9(7-11(10)15)13-16-12(17-18-13)8-3-1-2-4-8/h5-8H,1-4H2,(H,16,17,18). The molecule has 1 saturated carbocycles. The Labute approximate surface area is 119 Å². The molecule has 18 heavy (non-hydrogen) atoms. The van der Waals surface area contributed by atoms with E-state index in [-0.39, 0.29) is 0 Å². The van der Waals surface area contributed by atoms with E-state index in [0.29, 0.717) is 10.9 Å². The molecule has 0 unspecified atom stereocenters. The van der Waals surface area contributed by atoms with Crippen LogP contribution in [0.2, 0.25) is 5.02 Å². The second-order valence-electron chi connectivity index (χ2n) is 4.65. The zero-order chi connectivity index (χ0) is 12.5. The van der Waals surface area contributed by atoms with Gasteiger partial charge in [-0.3, -0.25) is 5.10 Å². The Balaban J connectivity index is 1.89. The number of hydrogen-bond donors (Lipinski definition) is 1. The van der Waals surface area contributed by atoms with E-state index in [0.717, 1.165) is 21.7 Å². The highest BCUT2D eigenvalue weighted by molar-refractivity contribution is 9.10. The lowest BCUT2D eigenvalue weighted by Gasteiger charge is -2.02. The maximum atomic E-state index is 6.09. The van der Waals surface area contributed by atoms with E-state index in [1.165, 1.54) is 25.7 Å². The normalized spacial score (nSPS) is 16.3. The van der Waals surface area contributed by atoms with Crippen LogP contribution in [0.1, 0.15) is 37.4 Å². The van der Waals surface area contributed by atoms with E-state index in [1.807, 2.05) is 18.2 Å². The van der Waals surface area contributed by atoms with Crippen molar-refractivity contribution in [1.82, 2.24) is 15.2 Å². The van der Waals surface area contributed by atoms with Crippen LogP contribution in [-0.4, -0.2) is 15.2 Å². The molecule has 1 fully saturated rings. The van der Waals surface area contributed by atoms with Crippen molar-refractivity contribution in [3.63, 3.8) is 0 Å². The summed E-state index contributed by atoms with van der Waals surface area (Å²) in [6.07, 6.45) is 5.03. The summed E-state index contributed by atoms with van der Waals surface area (Å²) in [4.78, 5) is 4.59. The molecule has 3 rings (SSSR count). The molecule has 0 aliphatic heterocycles. The van der Waals surface area contributed by atoms with Gasteiger partial charge in [0.05, 0.1) is 5.02 Å². The maximum absolute atomic E-state index is 6.09. The average Bonchev–Trinajstić information content (AvgIpc) is 3.01. The van der Waals surface area contributed by atoms with Crippen molar-refractivity contribution in [3.8, 4) is 11.4 Å². The lowest BCUT2D eigenvalue weighted by molar-refractivity contribution is 0.672. The first kappa shape index (κ1) is 12.2. The van der Waals surface area contributed by atoms with Crippen LogP contribution in [0.25, 0.3) is 11.4 Å². The van der Waals surface area contributed by atoms with E-state index in [2.05, 4.69) is 31.1 Å². The Morgan fingerprint density at radius 2 is 2.06 bits per heavy atom. The average molecular weight is 327 g/mol. The van der Waals surface area contributed by atoms with Gasteiger partial charge in [-0.05, 0) is 47.0 Å². The topological polar surface area (TPSA) is 41.6 Å². The summed E-state index contributed by atoms with van der Waals surface area (Å²) < 4.78 is 0.888. The van der Waals surface area contributed by atoms with Gasteiger partial charge in [0, 0.05) is 16.0 Å². The van der Waals surface area contributed by atoms with Crippen molar-refractivity contribution in [2.45, 2.75) is 31.6 Å². The first-order valence-electron chi connectivity index (χ1n) is 6.12. The predicted octanol–water partition coefficient (Wildman–Crippen LogP) is 4.55. The minimum Gasteiger partial charge on any atom is -0.262 e. The van der Waals surface area contributed by atoms with Gasteiger partial charge in [-0.1, -0.05) is 24.4 Å². The smallest absolute Gasteiger partial charge is 0.181 e. The molecule has 0 bridgehead atoms. The first-order chi connectivity index (χ1) is 8.74. The second kappa shape index (κ2) is 5.02. The summed E-state index contributed by atoms with van der Waals surface area (Å²) in [6.45, 7) is 0. The zero-order valence-electron chi connectivity index (χ0n) is 9.79. The molecule has 1 aromatic carbocycles. The highest BCUT2D eigenvalue weighted by Crippen LogP contribution is 2.33. The number of aromatic nitrogens is 3. The summed E-state index contributed by atoms with van der Waals surface area (Å²) in [5.41, 5.74) is 0.948. The summed E-state index contributed by atoms with van der Waals surface area (Å²) in [6, 6.07) is 5.77. The number of rotatable bonds is 2. The zero-order valence-corrected chi connectivity index (χ0v) is 12.1. The molecule has 5 heteroatoms. The first-order valence-corrected chi connectivity index (χ1v) is 7.29. The van der Waals surface area contributed by atoms with E-state index in [1.54, 1.807) is 0 Å². The number of halogens is 2. The fourth-order valence-corrected chi connectivity index (χ4v) is 2.85. The minimum atomic E-state index is 0.553. The third-order valence-corrected chi connectivity index (χ3v) is 4.65. The highest BCUT2D eigenvalue weighted by Gasteiger charge is 2.20. The Morgan fingerprint density at radius 1 is 1.28 bits per heavy atom. The Bertz CT molecular complexity index is 561. The molecule has 1 N–H and O–H groups in total. The molecule has 1 aliphatic carbocycles. The summed E-state index contributed by atoms with van der Waals surface area (Å²) >= 11 is 9.47. The van der Waals surface area contributed by atoms with Crippen molar-refractivity contribution < 1.29 is 0 Å². The van der Waals surface area contributed by atoms with E-state index < -0.39 is 0 Å². The Kier molecular flexibility index (Phi) is 3.39. The molecule has 0 radical (unpaired) electrons. The predicted molar refractivity (Wildman–Crippen MR) is 75.7 cm³/mol. The van der Waals surface area contributed by atoms with Crippen LogP contribution in [-0.2, 0) is 0 Å². The van der Waals surface area contributed by atoms with Crippen LogP contribution in [0.3, 0.4) is 0 Å². The fraction of sp³-hybridized carbons (Fsp3) is 0.385. The third-order valence-electron chi connectivity index (χ3n) is 3.42. The Morgan fingerprint density at radius 3 is 2.78 bits per heavy atom. The quantitative estimate of drug-likeness (QED) is 0.880. The number of benzene rings is 1. The van der Waals surface area contributed by atoms with Crippen LogP contribution in [0, 0.1) is 0 Å². The molecule has 0 atom stereocenters. The molecule has 0 saturated heterocycles. The van der Waals surface area contributed by atoms with Crippen molar-refractivity contribution in [2.75, 3.05) is 0 Å².